The minimum atomic E-state index is -3.73. The zero-order valence-electron chi connectivity index (χ0n) is 21.1. The van der Waals surface area contributed by atoms with Crippen LogP contribution in [0.1, 0.15) is 40.7 Å². The molecule has 2 aliphatic heterocycles. The lowest BCUT2D eigenvalue weighted by Crippen LogP contribution is -3.00. The Morgan fingerprint density at radius 1 is 0.897 bits per heavy atom. The van der Waals surface area contributed by atoms with Crippen molar-refractivity contribution in [2.24, 2.45) is 4.40 Å². The van der Waals surface area contributed by atoms with E-state index in [1.807, 2.05) is 42.5 Å². The summed E-state index contributed by atoms with van der Waals surface area (Å²) in [5.41, 5.74) is 2.57. The van der Waals surface area contributed by atoms with Crippen LogP contribution in [0.2, 0.25) is 0 Å². The van der Waals surface area contributed by atoms with Crippen LogP contribution in [-0.2, 0) is 16.6 Å². The van der Waals surface area contributed by atoms with E-state index in [0.29, 0.717) is 29.1 Å². The van der Waals surface area contributed by atoms with Gasteiger partial charge in [0.2, 0.25) is 0 Å². The zero-order valence-corrected chi connectivity index (χ0v) is 22.7. The number of halogens is 1. The van der Waals surface area contributed by atoms with Crippen LogP contribution in [0.15, 0.2) is 94.2 Å². The Kier molecular flexibility index (Phi) is 7.70. The number of sulfonamides is 1. The molecule has 7 nitrogen and oxygen atoms in total. The number of likely N-dealkylation sites (tertiary alicyclic amines) is 1. The van der Waals surface area contributed by atoms with Gasteiger partial charge in [-0.05, 0) is 73.1 Å². The first-order valence-electron chi connectivity index (χ1n) is 12.7. The van der Waals surface area contributed by atoms with Crippen LogP contribution in [0.3, 0.4) is 0 Å². The minimum absolute atomic E-state index is 0. The number of fused-ring (bicyclic) bond motifs is 2. The molecule has 0 aromatic heterocycles. The molecule has 0 unspecified atom stereocenters. The lowest BCUT2D eigenvalue weighted by molar-refractivity contribution is -0.0000227. The number of carbonyl (C=O) groups excluding carboxylic acids is 1. The molecular formula is C30H27ClN3O4S-. The molecule has 4 aromatic carbocycles. The van der Waals surface area contributed by atoms with Gasteiger partial charge < -0.3 is 22.5 Å². The molecule has 0 radical (unpaired) electrons. The molecule has 6 rings (SSSR count). The summed E-state index contributed by atoms with van der Waals surface area (Å²) in [5.74, 6) is 0.355. The summed E-state index contributed by atoms with van der Waals surface area (Å²) in [7, 11) is -3.73. The third kappa shape index (κ3) is 5.54. The van der Waals surface area contributed by atoms with Crippen LogP contribution in [0.4, 0.5) is 5.69 Å². The average Bonchev–Trinajstić information content (AvgIpc) is 3.19. The first kappa shape index (κ1) is 26.9. The van der Waals surface area contributed by atoms with Gasteiger partial charge in [-0.25, -0.2) is 4.79 Å². The zero-order chi connectivity index (χ0) is 26.1. The molecule has 2 aliphatic rings. The smallest absolute Gasteiger partial charge is 0.344 e. The van der Waals surface area contributed by atoms with E-state index in [4.69, 9.17) is 4.74 Å². The molecule has 0 bridgehead atoms. The van der Waals surface area contributed by atoms with Crippen molar-refractivity contribution in [2.45, 2.75) is 30.7 Å². The Hall–Kier alpha value is -3.72. The van der Waals surface area contributed by atoms with Crippen molar-refractivity contribution in [1.82, 2.24) is 4.90 Å². The van der Waals surface area contributed by atoms with Gasteiger partial charge in [-0.1, -0.05) is 55.0 Å². The number of hydrogen-bond acceptors (Lipinski definition) is 6. The Balaban J connectivity index is 0.00000308. The summed E-state index contributed by atoms with van der Waals surface area (Å²) >= 11 is 0. The van der Waals surface area contributed by atoms with Crippen molar-refractivity contribution >= 4 is 38.3 Å². The predicted molar refractivity (Wildman–Crippen MR) is 148 cm³/mol. The highest BCUT2D eigenvalue weighted by Crippen LogP contribution is 2.30. The molecule has 2 heterocycles. The molecule has 0 amide bonds. The summed E-state index contributed by atoms with van der Waals surface area (Å²) in [4.78, 5) is 15.9. The summed E-state index contributed by atoms with van der Waals surface area (Å²) < 4.78 is 34.9. The molecule has 39 heavy (non-hydrogen) atoms. The highest BCUT2D eigenvalue weighted by atomic mass is 35.5. The minimum Gasteiger partial charge on any atom is -1.00 e. The van der Waals surface area contributed by atoms with Crippen molar-refractivity contribution < 1.29 is 30.4 Å². The molecule has 0 aliphatic carbocycles. The number of anilines is 1. The number of benzene rings is 4. The lowest BCUT2D eigenvalue weighted by atomic mass is 10.0. The van der Waals surface area contributed by atoms with E-state index in [-0.39, 0.29) is 23.1 Å². The summed E-state index contributed by atoms with van der Waals surface area (Å²) in [6.45, 7) is 2.58. The van der Waals surface area contributed by atoms with Crippen LogP contribution in [0.25, 0.3) is 10.8 Å². The molecule has 200 valence electrons. The van der Waals surface area contributed by atoms with E-state index in [2.05, 4.69) is 14.6 Å². The molecule has 0 saturated carbocycles. The van der Waals surface area contributed by atoms with Crippen molar-refractivity contribution in [3.05, 3.63) is 102 Å². The number of rotatable bonds is 5. The topological polar surface area (TPSA) is 88.1 Å². The van der Waals surface area contributed by atoms with Crippen LogP contribution < -0.4 is 22.5 Å². The maximum Gasteiger partial charge on any atom is 0.344 e. The van der Waals surface area contributed by atoms with E-state index < -0.39 is 16.0 Å². The molecule has 1 saturated heterocycles. The largest absolute Gasteiger partial charge is 1.00 e. The quantitative estimate of drug-likeness (QED) is 0.298. The number of nitrogens with zero attached hydrogens (tertiary/aromatic N) is 2. The number of nitrogens with one attached hydrogen (secondary N) is 1. The molecular weight excluding hydrogens is 534 g/mol. The number of amidine groups is 1. The molecule has 1 fully saturated rings. The van der Waals surface area contributed by atoms with Crippen molar-refractivity contribution in [2.75, 3.05) is 18.4 Å². The first-order valence-corrected chi connectivity index (χ1v) is 14.2. The van der Waals surface area contributed by atoms with Gasteiger partial charge in [0.15, 0.2) is 5.84 Å². The Morgan fingerprint density at radius 3 is 2.49 bits per heavy atom. The average molecular weight is 561 g/mol. The summed E-state index contributed by atoms with van der Waals surface area (Å²) in [6, 6.07) is 25.6. The van der Waals surface area contributed by atoms with Crippen molar-refractivity contribution in [3.8, 4) is 5.75 Å². The molecule has 0 spiro atoms. The van der Waals surface area contributed by atoms with Gasteiger partial charge in [0, 0.05) is 23.4 Å². The van der Waals surface area contributed by atoms with Crippen LogP contribution >= 0.6 is 0 Å². The highest BCUT2D eigenvalue weighted by molar-refractivity contribution is 7.90. The van der Waals surface area contributed by atoms with Gasteiger partial charge in [0.05, 0.1) is 5.56 Å². The molecule has 9 heteroatoms. The van der Waals surface area contributed by atoms with Crippen LogP contribution in [-0.4, -0.2) is 38.2 Å². The monoisotopic (exact) mass is 560 g/mol. The third-order valence-electron chi connectivity index (χ3n) is 7.01. The second-order valence-corrected chi connectivity index (χ2v) is 11.2. The highest BCUT2D eigenvalue weighted by Gasteiger charge is 2.28. The van der Waals surface area contributed by atoms with Gasteiger partial charge in [-0.2, -0.15) is 8.42 Å². The van der Waals surface area contributed by atoms with Crippen LogP contribution in [0.5, 0.6) is 5.75 Å². The molecule has 0 atom stereocenters. The summed E-state index contributed by atoms with van der Waals surface area (Å²) in [5, 5.41) is 5.00. The maximum absolute atomic E-state index is 13.3. The van der Waals surface area contributed by atoms with Gasteiger partial charge in [-0.3, -0.25) is 4.90 Å². The molecule has 4 aromatic rings. The first-order chi connectivity index (χ1) is 18.5. The predicted octanol–water partition coefficient (Wildman–Crippen LogP) is 2.61. The number of piperidine rings is 1. The fourth-order valence-electron chi connectivity index (χ4n) is 5.13. The van der Waals surface area contributed by atoms with E-state index in [1.165, 1.54) is 6.42 Å². The Morgan fingerprint density at radius 2 is 1.64 bits per heavy atom. The number of carbonyl (C=O) groups is 1. The second kappa shape index (κ2) is 11.2. The van der Waals surface area contributed by atoms with Gasteiger partial charge >= 0.3 is 5.97 Å². The number of hydrogen-bond donors (Lipinski definition) is 1. The Labute approximate surface area is 234 Å². The van der Waals surface area contributed by atoms with E-state index in [9.17, 15) is 13.2 Å². The molecule has 1 N–H and O–H groups in total. The van der Waals surface area contributed by atoms with Crippen LogP contribution in [0, 0.1) is 0 Å². The van der Waals surface area contributed by atoms with Gasteiger partial charge in [0.25, 0.3) is 10.0 Å². The van der Waals surface area contributed by atoms with Crippen molar-refractivity contribution in [1.29, 1.82) is 0 Å². The van der Waals surface area contributed by atoms with E-state index in [1.54, 1.807) is 42.5 Å². The van der Waals surface area contributed by atoms with Crippen molar-refractivity contribution in [3.63, 3.8) is 0 Å². The normalized spacial score (nSPS) is 16.2. The second-order valence-electron chi connectivity index (χ2n) is 9.61. The fraction of sp³-hybridized carbons (Fsp3) is 0.200. The fourth-order valence-corrected chi connectivity index (χ4v) is 6.31. The number of ether oxygens (including phenoxy) is 1. The van der Waals surface area contributed by atoms with E-state index >= 15 is 0 Å². The van der Waals surface area contributed by atoms with Gasteiger partial charge in [-0.15, -0.1) is 4.40 Å². The number of esters is 1. The lowest BCUT2D eigenvalue weighted by Gasteiger charge is -2.27. The summed E-state index contributed by atoms with van der Waals surface area (Å²) in [6.07, 6.45) is 3.48. The SMILES string of the molecule is O=C(Oc1ccc(NC2=NS(=O)(=O)c3ccccc32)cc1CN1CCCCC1)c1cccc2ccccc12.[Cl-]. The Bertz CT molecular complexity index is 1680. The standard InChI is InChI=1S/C30H27N3O4S.ClH/c34-30(25-13-8-10-21-9-2-3-11-24(21)25)37-27-16-15-23(19-22(27)20-33-17-6-1-7-18-33)31-29-26-12-4-5-14-28(26)38(35,36)32-29;/h2-5,8-16,19H,1,6-7,17-18,20H2,(H,31,32);1H/p-1. The maximum atomic E-state index is 13.3. The van der Waals surface area contributed by atoms with Gasteiger partial charge in [0.1, 0.15) is 10.6 Å². The van der Waals surface area contributed by atoms with E-state index in [0.717, 1.165) is 42.3 Å². The third-order valence-corrected chi connectivity index (χ3v) is 8.34.